The molecule has 2 rings (SSSR count). The monoisotopic (exact) mass is 291 g/mol. The van der Waals surface area contributed by atoms with Crippen LogP contribution in [0.5, 0.6) is 0 Å². The average Bonchev–Trinajstić information content (AvgIpc) is 2.72. The predicted molar refractivity (Wildman–Crippen MR) is 82.4 cm³/mol. The van der Waals surface area contributed by atoms with Gasteiger partial charge in [0.1, 0.15) is 5.82 Å². The Morgan fingerprint density at radius 3 is 2.71 bits per heavy atom. The summed E-state index contributed by atoms with van der Waals surface area (Å²) in [6.07, 6.45) is 6.71. The Morgan fingerprint density at radius 2 is 2.05 bits per heavy atom. The second-order valence-corrected chi connectivity index (χ2v) is 6.73. The van der Waals surface area contributed by atoms with Gasteiger partial charge >= 0.3 is 5.97 Å². The molecule has 0 saturated carbocycles. The molecule has 1 aliphatic heterocycles. The largest absolute Gasteiger partial charge is 0.464 e. The van der Waals surface area contributed by atoms with Gasteiger partial charge in [0.2, 0.25) is 0 Å². The zero-order valence-corrected chi connectivity index (χ0v) is 13.4. The Bertz CT molecular complexity index is 497. The van der Waals surface area contributed by atoms with Gasteiger partial charge in [-0.25, -0.2) is 9.78 Å². The molecule has 0 spiro atoms. The summed E-state index contributed by atoms with van der Waals surface area (Å²) in [4.78, 5) is 22.3. The molecule has 21 heavy (non-hydrogen) atoms. The van der Waals surface area contributed by atoms with Crippen LogP contribution >= 0.6 is 0 Å². The molecule has 0 N–H and O–H groups in total. The van der Waals surface area contributed by atoms with Crippen molar-refractivity contribution in [3.05, 3.63) is 18.1 Å². The number of nitrogens with zero attached hydrogens (tertiary/aromatic N) is 3. The molecule has 0 amide bonds. The third-order valence-electron chi connectivity index (χ3n) is 4.29. The number of rotatable bonds is 2. The number of anilines is 1. The predicted octanol–water partition coefficient (Wildman–Crippen LogP) is 2.92. The number of methoxy groups -OCH3 is 1. The van der Waals surface area contributed by atoms with Crippen LogP contribution in [0, 0.1) is 11.3 Å². The van der Waals surface area contributed by atoms with E-state index in [0.717, 1.165) is 37.7 Å². The van der Waals surface area contributed by atoms with Crippen LogP contribution in [-0.2, 0) is 4.74 Å². The van der Waals surface area contributed by atoms with Gasteiger partial charge in [0.15, 0.2) is 5.69 Å². The van der Waals surface area contributed by atoms with Crippen LogP contribution in [0.15, 0.2) is 12.4 Å². The van der Waals surface area contributed by atoms with Gasteiger partial charge in [-0.15, -0.1) is 0 Å². The van der Waals surface area contributed by atoms with Crippen molar-refractivity contribution in [1.29, 1.82) is 0 Å². The zero-order valence-electron chi connectivity index (χ0n) is 13.4. The smallest absolute Gasteiger partial charge is 0.358 e. The SMILES string of the molecule is COC(=O)c1cncc(N2CCCC(C(C)(C)C)CC2)n1. The maximum atomic E-state index is 11.6. The van der Waals surface area contributed by atoms with Crippen molar-refractivity contribution in [1.82, 2.24) is 9.97 Å². The van der Waals surface area contributed by atoms with Crippen LogP contribution in [0.1, 0.15) is 50.5 Å². The highest BCUT2D eigenvalue weighted by molar-refractivity contribution is 5.87. The first-order valence-electron chi connectivity index (χ1n) is 7.57. The standard InChI is InChI=1S/C16H25N3O2/c1-16(2,3)12-6-5-8-19(9-7-12)14-11-17-10-13(18-14)15(20)21-4/h10-12H,5-9H2,1-4H3. The number of ether oxygens (including phenoxy) is 1. The molecule has 1 fully saturated rings. The van der Waals surface area contributed by atoms with Crippen molar-refractivity contribution < 1.29 is 9.53 Å². The Balaban J connectivity index is 2.11. The molecule has 1 unspecified atom stereocenters. The average molecular weight is 291 g/mol. The molecule has 1 aromatic rings. The van der Waals surface area contributed by atoms with E-state index < -0.39 is 5.97 Å². The highest BCUT2D eigenvalue weighted by atomic mass is 16.5. The van der Waals surface area contributed by atoms with Gasteiger partial charge in [-0.05, 0) is 30.6 Å². The summed E-state index contributed by atoms with van der Waals surface area (Å²) >= 11 is 0. The third-order valence-corrected chi connectivity index (χ3v) is 4.29. The van der Waals surface area contributed by atoms with E-state index in [9.17, 15) is 4.79 Å². The van der Waals surface area contributed by atoms with Crippen LogP contribution in [0.2, 0.25) is 0 Å². The highest BCUT2D eigenvalue weighted by Crippen LogP contribution is 2.34. The molecule has 1 saturated heterocycles. The second-order valence-electron chi connectivity index (χ2n) is 6.73. The lowest BCUT2D eigenvalue weighted by atomic mass is 9.77. The normalized spacial score (nSPS) is 20.0. The summed E-state index contributed by atoms with van der Waals surface area (Å²) in [5.41, 5.74) is 0.613. The molecule has 2 heterocycles. The van der Waals surface area contributed by atoms with Gasteiger partial charge < -0.3 is 9.64 Å². The van der Waals surface area contributed by atoms with Gasteiger partial charge in [-0.2, -0.15) is 0 Å². The molecular formula is C16H25N3O2. The quantitative estimate of drug-likeness (QED) is 0.784. The number of hydrogen-bond acceptors (Lipinski definition) is 5. The topological polar surface area (TPSA) is 55.3 Å². The van der Waals surface area contributed by atoms with Gasteiger partial charge in [0, 0.05) is 13.1 Å². The lowest BCUT2D eigenvalue weighted by Crippen LogP contribution is -2.27. The fraction of sp³-hybridized carbons (Fsp3) is 0.688. The number of aromatic nitrogens is 2. The Kier molecular flexibility index (Phi) is 4.80. The minimum Gasteiger partial charge on any atom is -0.464 e. The molecular weight excluding hydrogens is 266 g/mol. The summed E-state index contributed by atoms with van der Waals surface area (Å²) < 4.78 is 4.71. The van der Waals surface area contributed by atoms with Crippen LogP contribution in [0.4, 0.5) is 5.82 Å². The molecule has 0 bridgehead atoms. The number of carbonyl (C=O) groups is 1. The summed E-state index contributed by atoms with van der Waals surface area (Å²) in [7, 11) is 1.36. The van der Waals surface area contributed by atoms with Gasteiger partial charge in [0.25, 0.3) is 0 Å². The summed E-state index contributed by atoms with van der Waals surface area (Å²) in [5, 5.41) is 0. The van der Waals surface area contributed by atoms with E-state index in [1.165, 1.54) is 19.7 Å². The molecule has 5 nitrogen and oxygen atoms in total. The first-order valence-corrected chi connectivity index (χ1v) is 7.57. The molecule has 1 aromatic heterocycles. The van der Waals surface area contributed by atoms with E-state index in [-0.39, 0.29) is 5.69 Å². The molecule has 1 aliphatic rings. The van der Waals surface area contributed by atoms with Crippen molar-refractivity contribution in [2.45, 2.75) is 40.0 Å². The van der Waals surface area contributed by atoms with E-state index in [0.29, 0.717) is 5.41 Å². The van der Waals surface area contributed by atoms with Crippen molar-refractivity contribution in [3.63, 3.8) is 0 Å². The van der Waals surface area contributed by atoms with Crippen molar-refractivity contribution in [2.24, 2.45) is 11.3 Å². The highest BCUT2D eigenvalue weighted by Gasteiger charge is 2.27. The Morgan fingerprint density at radius 1 is 1.29 bits per heavy atom. The number of hydrogen-bond donors (Lipinski definition) is 0. The first kappa shape index (κ1) is 15.7. The lowest BCUT2D eigenvalue weighted by molar-refractivity contribution is 0.0593. The van der Waals surface area contributed by atoms with Crippen molar-refractivity contribution in [2.75, 3.05) is 25.1 Å². The zero-order chi connectivity index (χ0) is 15.5. The Labute approximate surface area is 126 Å². The fourth-order valence-corrected chi connectivity index (χ4v) is 2.90. The maximum Gasteiger partial charge on any atom is 0.358 e. The summed E-state index contributed by atoms with van der Waals surface area (Å²) in [5.74, 6) is 1.05. The molecule has 1 atom stereocenters. The third kappa shape index (κ3) is 3.93. The molecule has 5 heteroatoms. The van der Waals surface area contributed by atoms with Crippen LogP contribution in [-0.4, -0.2) is 36.1 Å². The maximum absolute atomic E-state index is 11.6. The fourth-order valence-electron chi connectivity index (χ4n) is 2.90. The van der Waals surface area contributed by atoms with E-state index in [2.05, 4.69) is 35.6 Å². The number of carbonyl (C=O) groups excluding carboxylic acids is 1. The second kappa shape index (κ2) is 6.41. The summed E-state index contributed by atoms with van der Waals surface area (Å²) in [6, 6.07) is 0. The van der Waals surface area contributed by atoms with Crippen LogP contribution in [0.3, 0.4) is 0 Å². The van der Waals surface area contributed by atoms with Crippen molar-refractivity contribution in [3.8, 4) is 0 Å². The van der Waals surface area contributed by atoms with E-state index >= 15 is 0 Å². The summed E-state index contributed by atoms with van der Waals surface area (Å²) in [6.45, 7) is 8.86. The van der Waals surface area contributed by atoms with Crippen LogP contribution in [0.25, 0.3) is 0 Å². The first-order chi connectivity index (χ1) is 9.91. The number of esters is 1. The molecule has 0 aliphatic carbocycles. The minimum absolute atomic E-state index is 0.270. The molecule has 0 radical (unpaired) electrons. The van der Waals surface area contributed by atoms with E-state index in [4.69, 9.17) is 4.74 Å². The minimum atomic E-state index is -0.438. The Hall–Kier alpha value is -1.65. The van der Waals surface area contributed by atoms with E-state index in [1.807, 2.05) is 0 Å². The van der Waals surface area contributed by atoms with Gasteiger partial charge in [0.05, 0.1) is 19.5 Å². The van der Waals surface area contributed by atoms with E-state index in [1.54, 1.807) is 6.20 Å². The van der Waals surface area contributed by atoms with Crippen LogP contribution < -0.4 is 4.90 Å². The van der Waals surface area contributed by atoms with Gasteiger partial charge in [-0.3, -0.25) is 4.98 Å². The van der Waals surface area contributed by atoms with Crippen molar-refractivity contribution >= 4 is 11.8 Å². The van der Waals surface area contributed by atoms with Gasteiger partial charge in [-0.1, -0.05) is 20.8 Å². The molecule has 116 valence electrons. The lowest BCUT2D eigenvalue weighted by Gasteiger charge is -2.29. The molecule has 0 aromatic carbocycles.